The lowest BCUT2D eigenvalue weighted by atomic mass is 10.1. The minimum Gasteiger partial charge on any atom is -0.329 e. The van der Waals surface area contributed by atoms with Crippen molar-refractivity contribution in [3.05, 3.63) is 108 Å². The number of hydrogen-bond acceptors (Lipinski definition) is 3. The molecule has 0 spiro atoms. The van der Waals surface area contributed by atoms with Gasteiger partial charge < -0.3 is 4.90 Å². The van der Waals surface area contributed by atoms with Crippen molar-refractivity contribution in [1.29, 1.82) is 0 Å². The second kappa shape index (κ2) is 7.79. The molecular formula is C23H19N3O. The summed E-state index contributed by atoms with van der Waals surface area (Å²) < 4.78 is 0. The molecule has 0 saturated heterocycles. The van der Waals surface area contributed by atoms with E-state index in [0.717, 1.165) is 21.9 Å². The summed E-state index contributed by atoms with van der Waals surface area (Å²) >= 11 is 0. The highest BCUT2D eigenvalue weighted by Crippen LogP contribution is 2.20. The number of carbonyl (C=O) groups is 1. The maximum absolute atomic E-state index is 13.4. The number of carbonyl (C=O) groups excluding carboxylic acids is 1. The standard InChI is InChI=1S/C23H19N3O/c27-23(22-21-11-5-4-10-20(21)12-14-25-22)26(16-18-7-2-1-3-8-18)17-19-9-6-13-24-15-19/h1-15H,16-17H2. The number of rotatable bonds is 5. The van der Waals surface area contributed by atoms with Crippen LogP contribution in [0.15, 0.2) is 91.4 Å². The Balaban J connectivity index is 1.71. The molecule has 0 unspecified atom stereocenters. The number of nitrogens with zero attached hydrogens (tertiary/aromatic N) is 3. The van der Waals surface area contributed by atoms with Crippen LogP contribution in [0.2, 0.25) is 0 Å². The first-order valence-electron chi connectivity index (χ1n) is 8.87. The van der Waals surface area contributed by atoms with E-state index in [2.05, 4.69) is 9.97 Å². The molecule has 2 aromatic heterocycles. The minimum absolute atomic E-state index is 0.0838. The highest BCUT2D eigenvalue weighted by atomic mass is 16.2. The predicted molar refractivity (Wildman–Crippen MR) is 106 cm³/mol. The zero-order valence-electron chi connectivity index (χ0n) is 14.8. The van der Waals surface area contributed by atoms with Gasteiger partial charge in [0.05, 0.1) is 0 Å². The third-order valence-electron chi connectivity index (χ3n) is 4.48. The normalized spacial score (nSPS) is 10.7. The van der Waals surface area contributed by atoms with Crippen LogP contribution in [0.25, 0.3) is 10.8 Å². The molecule has 0 atom stereocenters. The maximum Gasteiger partial charge on any atom is 0.273 e. The van der Waals surface area contributed by atoms with Crippen molar-refractivity contribution in [3.8, 4) is 0 Å². The van der Waals surface area contributed by atoms with Gasteiger partial charge in [0.1, 0.15) is 5.69 Å². The summed E-state index contributed by atoms with van der Waals surface area (Å²) in [5.74, 6) is -0.0838. The Morgan fingerprint density at radius 1 is 0.778 bits per heavy atom. The van der Waals surface area contributed by atoms with Gasteiger partial charge in [-0.1, -0.05) is 60.7 Å². The van der Waals surface area contributed by atoms with Crippen molar-refractivity contribution >= 4 is 16.7 Å². The number of benzene rings is 2. The third kappa shape index (κ3) is 3.85. The summed E-state index contributed by atoms with van der Waals surface area (Å²) in [5, 5.41) is 1.88. The van der Waals surface area contributed by atoms with Crippen LogP contribution < -0.4 is 0 Å². The van der Waals surface area contributed by atoms with E-state index in [-0.39, 0.29) is 5.91 Å². The van der Waals surface area contributed by atoms with Gasteiger partial charge in [-0.15, -0.1) is 0 Å². The fraction of sp³-hybridized carbons (Fsp3) is 0.0870. The quantitative estimate of drug-likeness (QED) is 0.532. The first kappa shape index (κ1) is 16.9. The molecule has 4 heteroatoms. The molecule has 132 valence electrons. The maximum atomic E-state index is 13.4. The average molecular weight is 353 g/mol. The van der Waals surface area contributed by atoms with E-state index < -0.39 is 0 Å². The summed E-state index contributed by atoms with van der Waals surface area (Å²) in [4.78, 5) is 23.8. The largest absolute Gasteiger partial charge is 0.329 e. The highest BCUT2D eigenvalue weighted by Gasteiger charge is 2.20. The Morgan fingerprint density at radius 2 is 1.52 bits per heavy atom. The molecule has 4 nitrogen and oxygen atoms in total. The molecule has 2 heterocycles. The van der Waals surface area contributed by atoms with Crippen LogP contribution in [0.3, 0.4) is 0 Å². The van der Waals surface area contributed by atoms with Gasteiger partial charge in [-0.3, -0.25) is 14.8 Å². The molecule has 0 aliphatic carbocycles. The Morgan fingerprint density at radius 3 is 2.33 bits per heavy atom. The second-order valence-electron chi connectivity index (χ2n) is 6.39. The minimum atomic E-state index is -0.0838. The monoisotopic (exact) mass is 353 g/mol. The van der Waals surface area contributed by atoms with Crippen LogP contribution in [0, 0.1) is 0 Å². The van der Waals surface area contributed by atoms with E-state index in [1.165, 1.54) is 0 Å². The lowest BCUT2D eigenvalue weighted by Gasteiger charge is -2.23. The number of hydrogen-bond donors (Lipinski definition) is 0. The highest BCUT2D eigenvalue weighted by molar-refractivity contribution is 6.05. The Bertz CT molecular complexity index is 1000. The van der Waals surface area contributed by atoms with Gasteiger partial charge in [0, 0.05) is 37.1 Å². The number of amides is 1. The van der Waals surface area contributed by atoms with Crippen molar-refractivity contribution in [2.45, 2.75) is 13.1 Å². The van der Waals surface area contributed by atoms with Gasteiger partial charge in [-0.25, -0.2) is 0 Å². The Kier molecular flexibility index (Phi) is 4.88. The Hall–Kier alpha value is -3.53. The van der Waals surface area contributed by atoms with Gasteiger partial charge in [0.15, 0.2) is 0 Å². The van der Waals surface area contributed by atoms with Crippen LogP contribution in [0.5, 0.6) is 0 Å². The molecule has 4 rings (SSSR count). The van der Waals surface area contributed by atoms with Gasteiger partial charge in [0.25, 0.3) is 5.91 Å². The molecule has 0 N–H and O–H groups in total. The van der Waals surface area contributed by atoms with Gasteiger partial charge in [0.2, 0.25) is 0 Å². The van der Waals surface area contributed by atoms with E-state index in [1.54, 1.807) is 18.6 Å². The van der Waals surface area contributed by atoms with Crippen LogP contribution in [-0.2, 0) is 13.1 Å². The van der Waals surface area contributed by atoms with Gasteiger partial charge >= 0.3 is 0 Å². The molecule has 0 aliphatic heterocycles. The van der Waals surface area contributed by atoms with Crippen LogP contribution in [0.4, 0.5) is 0 Å². The van der Waals surface area contributed by atoms with E-state index in [0.29, 0.717) is 18.8 Å². The number of pyridine rings is 2. The smallest absolute Gasteiger partial charge is 0.273 e. The van der Waals surface area contributed by atoms with E-state index in [9.17, 15) is 4.79 Å². The first-order chi connectivity index (χ1) is 13.3. The van der Waals surface area contributed by atoms with Gasteiger partial charge in [-0.05, 0) is 28.6 Å². The molecule has 1 amide bonds. The summed E-state index contributed by atoms with van der Waals surface area (Å²) in [6, 6.07) is 23.6. The van der Waals surface area contributed by atoms with E-state index in [1.807, 2.05) is 77.7 Å². The summed E-state index contributed by atoms with van der Waals surface area (Å²) in [6.45, 7) is 0.992. The summed E-state index contributed by atoms with van der Waals surface area (Å²) in [7, 11) is 0. The van der Waals surface area contributed by atoms with Crippen LogP contribution in [-0.4, -0.2) is 20.8 Å². The molecule has 2 aromatic carbocycles. The molecule has 27 heavy (non-hydrogen) atoms. The van der Waals surface area contributed by atoms with Crippen LogP contribution in [0.1, 0.15) is 21.6 Å². The summed E-state index contributed by atoms with van der Waals surface area (Å²) in [6.07, 6.45) is 5.22. The molecule has 0 bridgehead atoms. The molecular weight excluding hydrogens is 334 g/mol. The fourth-order valence-corrected chi connectivity index (χ4v) is 3.16. The zero-order valence-corrected chi connectivity index (χ0v) is 14.8. The van der Waals surface area contributed by atoms with Crippen molar-refractivity contribution < 1.29 is 4.79 Å². The molecule has 0 radical (unpaired) electrons. The first-order valence-corrected chi connectivity index (χ1v) is 8.87. The summed E-state index contributed by atoms with van der Waals surface area (Å²) in [5.41, 5.74) is 2.55. The van der Waals surface area contributed by atoms with Crippen LogP contribution >= 0.6 is 0 Å². The van der Waals surface area contributed by atoms with E-state index >= 15 is 0 Å². The SMILES string of the molecule is O=C(c1nccc2ccccc12)N(Cc1ccccc1)Cc1cccnc1. The van der Waals surface area contributed by atoms with Crippen molar-refractivity contribution in [3.63, 3.8) is 0 Å². The molecule has 4 aromatic rings. The van der Waals surface area contributed by atoms with Crippen molar-refractivity contribution in [2.75, 3.05) is 0 Å². The number of fused-ring (bicyclic) bond motifs is 1. The van der Waals surface area contributed by atoms with Gasteiger partial charge in [-0.2, -0.15) is 0 Å². The lowest BCUT2D eigenvalue weighted by Crippen LogP contribution is -2.31. The number of aromatic nitrogens is 2. The molecule has 0 aliphatic rings. The van der Waals surface area contributed by atoms with Crippen molar-refractivity contribution in [1.82, 2.24) is 14.9 Å². The topological polar surface area (TPSA) is 46.1 Å². The average Bonchev–Trinajstić information content (AvgIpc) is 2.74. The fourth-order valence-electron chi connectivity index (χ4n) is 3.16. The predicted octanol–water partition coefficient (Wildman–Crippen LogP) is 4.47. The molecule has 0 saturated carbocycles. The third-order valence-corrected chi connectivity index (χ3v) is 4.48. The molecule has 0 fully saturated rings. The Labute approximate surface area is 158 Å². The lowest BCUT2D eigenvalue weighted by molar-refractivity contribution is 0.0726. The zero-order chi connectivity index (χ0) is 18.5. The van der Waals surface area contributed by atoms with E-state index in [4.69, 9.17) is 0 Å². The van der Waals surface area contributed by atoms with Crippen molar-refractivity contribution in [2.24, 2.45) is 0 Å². The second-order valence-corrected chi connectivity index (χ2v) is 6.39.